The van der Waals surface area contributed by atoms with Gasteiger partial charge in [0.2, 0.25) is 0 Å². The summed E-state index contributed by atoms with van der Waals surface area (Å²) in [5.74, 6) is 0.971. The van der Waals surface area contributed by atoms with Gasteiger partial charge < -0.3 is 15.3 Å². The highest BCUT2D eigenvalue weighted by molar-refractivity contribution is 4.79. The molecule has 1 aliphatic carbocycles. The molecule has 2 N–H and O–H groups in total. The highest BCUT2D eigenvalue weighted by atomic mass is 16.3. The summed E-state index contributed by atoms with van der Waals surface area (Å²) in [6.07, 6.45) is 6.54. The van der Waals surface area contributed by atoms with Gasteiger partial charge in [-0.05, 0) is 45.2 Å². The molecule has 2 aliphatic rings. The molecule has 0 bridgehead atoms. The van der Waals surface area contributed by atoms with E-state index in [1.165, 1.54) is 45.2 Å². The third-order valence-corrected chi connectivity index (χ3v) is 3.75. The van der Waals surface area contributed by atoms with Crippen LogP contribution in [0.3, 0.4) is 0 Å². The van der Waals surface area contributed by atoms with Crippen LogP contribution in [0.5, 0.6) is 0 Å². The van der Waals surface area contributed by atoms with E-state index in [-0.39, 0.29) is 6.10 Å². The summed E-state index contributed by atoms with van der Waals surface area (Å²) < 4.78 is 0. The van der Waals surface area contributed by atoms with E-state index in [1.807, 2.05) is 0 Å². The van der Waals surface area contributed by atoms with Gasteiger partial charge in [-0.1, -0.05) is 12.8 Å². The Hall–Kier alpha value is -0.120. The van der Waals surface area contributed by atoms with Crippen LogP contribution < -0.4 is 5.32 Å². The fourth-order valence-electron chi connectivity index (χ4n) is 2.60. The molecule has 2 atom stereocenters. The lowest BCUT2D eigenvalue weighted by Crippen LogP contribution is -2.40. The van der Waals surface area contributed by atoms with Crippen molar-refractivity contribution in [3.63, 3.8) is 0 Å². The van der Waals surface area contributed by atoms with Crippen molar-refractivity contribution >= 4 is 0 Å². The van der Waals surface area contributed by atoms with E-state index >= 15 is 0 Å². The second-order valence-electron chi connectivity index (χ2n) is 5.65. The van der Waals surface area contributed by atoms with Gasteiger partial charge in [-0.25, -0.2) is 0 Å². The normalized spacial score (nSPS) is 25.9. The van der Waals surface area contributed by atoms with Gasteiger partial charge in [-0.2, -0.15) is 0 Å². The molecular formula is C13H26N2O. The maximum absolute atomic E-state index is 9.90. The molecule has 0 aromatic carbocycles. The van der Waals surface area contributed by atoms with Gasteiger partial charge in [0.05, 0.1) is 6.10 Å². The Morgan fingerprint density at radius 2 is 2.00 bits per heavy atom. The van der Waals surface area contributed by atoms with Crippen LogP contribution in [0.4, 0.5) is 0 Å². The first kappa shape index (κ1) is 12.3. The predicted molar refractivity (Wildman–Crippen MR) is 66.5 cm³/mol. The van der Waals surface area contributed by atoms with Crippen LogP contribution in [0.25, 0.3) is 0 Å². The summed E-state index contributed by atoms with van der Waals surface area (Å²) in [5, 5.41) is 13.4. The molecule has 1 heterocycles. The predicted octanol–water partition coefficient (Wildman–Crippen LogP) is 1.22. The van der Waals surface area contributed by atoms with Crippen LogP contribution >= 0.6 is 0 Å². The number of aliphatic hydroxyl groups is 1. The minimum absolute atomic E-state index is 0.195. The van der Waals surface area contributed by atoms with Crippen molar-refractivity contribution in [2.24, 2.45) is 5.92 Å². The summed E-state index contributed by atoms with van der Waals surface area (Å²) in [6.45, 7) is 6.19. The third-order valence-electron chi connectivity index (χ3n) is 3.75. The van der Waals surface area contributed by atoms with E-state index in [2.05, 4.69) is 17.1 Å². The molecule has 0 amide bonds. The van der Waals surface area contributed by atoms with Crippen molar-refractivity contribution in [2.75, 3.05) is 26.2 Å². The van der Waals surface area contributed by atoms with Gasteiger partial charge in [-0.3, -0.25) is 0 Å². The molecular weight excluding hydrogens is 200 g/mol. The Bertz CT molecular complexity index is 200. The first-order chi connectivity index (χ1) is 7.74. The van der Waals surface area contributed by atoms with E-state index in [1.54, 1.807) is 0 Å². The van der Waals surface area contributed by atoms with Crippen LogP contribution in [0, 0.1) is 5.92 Å². The van der Waals surface area contributed by atoms with Crippen LogP contribution in [0.1, 0.15) is 39.0 Å². The fourth-order valence-corrected chi connectivity index (χ4v) is 2.60. The largest absolute Gasteiger partial charge is 0.390 e. The van der Waals surface area contributed by atoms with Crippen molar-refractivity contribution < 1.29 is 5.11 Å². The SMILES string of the molecule is CC(CC1CC1)NCC(O)CN1CCCC1. The second kappa shape index (κ2) is 5.99. The molecule has 2 rings (SSSR count). The van der Waals surface area contributed by atoms with E-state index in [4.69, 9.17) is 0 Å². The van der Waals surface area contributed by atoms with Crippen LogP contribution in [0.2, 0.25) is 0 Å². The zero-order valence-corrected chi connectivity index (χ0v) is 10.5. The quantitative estimate of drug-likeness (QED) is 0.685. The number of β-amino-alcohol motifs (C(OH)–C–C–N with tert-alkyl or cyclic N) is 1. The number of hydrogen-bond donors (Lipinski definition) is 2. The molecule has 2 fully saturated rings. The Morgan fingerprint density at radius 1 is 1.31 bits per heavy atom. The lowest BCUT2D eigenvalue weighted by molar-refractivity contribution is 0.120. The van der Waals surface area contributed by atoms with Crippen molar-refractivity contribution in [2.45, 2.75) is 51.2 Å². The topological polar surface area (TPSA) is 35.5 Å². The molecule has 1 saturated heterocycles. The number of aliphatic hydroxyl groups excluding tert-OH is 1. The van der Waals surface area contributed by atoms with Crippen molar-refractivity contribution in [3.05, 3.63) is 0 Å². The van der Waals surface area contributed by atoms with E-state index < -0.39 is 0 Å². The van der Waals surface area contributed by atoms with Gasteiger partial charge in [0.1, 0.15) is 0 Å². The van der Waals surface area contributed by atoms with Crippen LogP contribution in [-0.2, 0) is 0 Å². The molecule has 1 aliphatic heterocycles. The Kier molecular flexibility index (Phi) is 4.62. The second-order valence-corrected chi connectivity index (χ2v) is 5.65. The molecule has 1 saturated carbocycles. The molecule has 3 nitrogen and oxygen atoms in total. The summed E-state index contributed by atoms with van der Waals surface area (Å²) in [5.41, 5.74) is 0. The first-order valence-corrected chi connectivity index (χ1v) is 6.88. The smallest absolute Gasteiger partial charge is 0.0791 e. The summed E-state index contributed by atoms with van der Waals surface area (Å²) in [7, 11) is 0. The van der Waals surface area contributed by atoms with Crippen molar-refractivity contribution in [1.29, 1.82) is 0 Å². The van der Waals surface area contributed by atoms with Crippen LogP contribution in [0.15, 0.2) is 0 Å². The summed E-state index contributed by atoms with van der Waals surface area (Å²) in [6, 6.07) is 0.570. The van der Waals surface area contributed by atoms with Crippen LogP contribution in [-0.4, -0.2) is 48.3 Å². The number of rotatable bonds is 7. The highest BCUT2D eigenvalue weighted by Crippen LogP contribution is 2.33. The van der Waals surface area contributed by atoms with Gasteiger partial charge in [0, 0.05) is 19.1 Å². The molecule has 16 heavy (non-hydrogen) atoms. The fraction of sp³-hybridized carbons (Fsp3) is 1.00. The molecule has 94 valence electrons. The minimum atomic E-state index is -0.195. The third kappa shape index (κ3) is 4.40. The molecule has 0 radical (unpaired) electrons. The van der Waals surface area contributed by atoms with E-state index in [0.29, 0.717) is 6.04 Å². The first-order valence-electron chi connectivity index (χ1n) is 6.88. The molecule has 0 spiro atoms. The number of nitrogens with zero attached hydrogens (tertiary/aromatic N) is 1. The highest BCUT2D eigenvalue weighted by Gasteiger charge is 2.23. The van der Waals surface area contributed by atoms with E-state index in [0.717, 1.165) is 19.0 Å². The maximum atomic E-state index is 9.90. The molecule has 0 aromatic rings. The van der Waals surface area contributed by atoms with Gasteiger partial charge in [-0.15, -0.1) is 0 Å². The Morgan fingerprint density at radius 3 is 2.62 bits per heavy atom. The Balaban J connectivity index is 1.53. The minimum Gasteiger partial charge on any atom is -0.390 e. The van der Waals surface area contributed by atoms with Gasteiger partial charge in [0.25, 0.3) is 0 Å². The number of likely N-dealkylation sites (tertiary alicyclic amines) is 1. The van der Waals surface area contributed by atoms with Gasteiger partial charge >= 0.3 is 0 Å². The van der Waals surface area contributed by atoms with Crippen molar-refractivity contribution in [3.8, 4) is 0 Å². The van der Waals surface area contributed by atoms with Gasteiger partial charge in [0.15, 0.2) is 0 Å². The number of nitrogens with one attached hydrogen (secondary N) is 1. The molecule has 3 heteroatoms. The lowest BCUT2D eigenvalue weighted by atomic mass is 10.1. The zero-order chi connectivity index (χ0) is 11.4. The van der Waals surface area contributed by atoms with E-state index in [9.17, 15) is 5.11 Å². The average Bonchev–Trinajstić information content (AvgIpc) is 2.91. The standard InChI is InChI=1S/C13H26N2O/c1-11(8-12-4-5-12)14-9-13(16)10-15-6-2-3-7-15/h11-14,16H,2-10H2,1H3. The Labute approximate surface area is 99.2 Å². The average molecular weight is 226 g/mol. The van der Waals surface area contributed by atoms with Crippen molar-refractivity contribution in [1.82, 2.24) is 10.2 Å². The number of hydrogen-bond acceptors (Lipinski definition) is 3. The zero-order valence-electron chi connectivity index (χ0n) is 10.5. The summed E-state index contributed by atoms with van der Waals surface area (Å²) >= 11 is 0. The molecule has 0 aromatic heterocycles. The molecule has 2 unspecified atom stereocenters. The monoisotopic (exact) mass is 226 g/mol. The lowest BCUT2D eigenvalue weighted by Gasteiger charge is -2.21. The summed E-state index contributed by atoms with van der Waals surface area (Å²) in [4.78, 5) is 2.37. The maximum Gasteiger partial charge on any atom is 0.0791 e.